The fourth-order valence-corrected chi connectivity index (χ4v) is 2.44. The summed E-state index contributed by atoms with van der Waals surface area (Å²) in [5, 5.41) is 9.40. The van der Waals surface area contributed by atoms with Crippen molar-refractivity contribution in [2.75, 3.05) is 34.4 Å². The molecule has 146 valence electrons. The maximum Gasteiger partial charge on any atom is 0.227 e. The Morgan fingerprint density at radius 2 is 1.92 bits per heavy atom. The SMILES string of the molecule is CCNC(=O)C(C)(C)CNC(=NC)NC(C)c1cc(OC)ccc1OC. The molecule has 1 rings (SSSR count). The van der Waals surface area contributed by atoms with Gasteiger partial charge in [0.25, 0.3) is 0 Å². The molecule has 0 fully saturated rings. The summed E-state index contributed by atoms with van der Waals surface area (Å²) in [4.78, 5) is 16.4. The second-order valence-electron chi connectivity index (χ2n) is 6.64. The molecule has 7 heteroatoms. The number of carbonyl (C=O) groups excluding carboxylic acids is 1. The number of guanidine groups is 1. The molecular weight excluding hydrogens is 332 g/mol. The Morgan fingerprint density at radius 1 is 1.23 bits per heavy atom. The zero-order valence-corrected chi connectivity index (χ0v) is 16.9. The summed E-state index contributed by atoms with van der Waals surface area (Å²) in [6.45, 7) is 8.78. The number of benzene rings is 1. The van der Waals surface area contributed by atoms with Crippen LogP contribution in [-0.2, 0) is 4.79 Å². The van der Waals surface area contributed by atoms with Crippen molar-refractivity contribution in [3.05, 3.63) is 23.8 Å². The Morgan fingerprint density at radius 3 is 2.46 bits per heavy atom. The van der Waals surface area contributed by atoms with E-state index < -0.39 is 5.41 Å². The summed E-state index contributed by atoms with van der Waals surface area (Å²) in [6, 6.07) is 5.60. The van der Waals surface area contributed by atoms with Crippen molar-refractivity contribution in [3.8, 4) is 11.5 Å². The van der Waals surface area contributed by atoms with E-state index in [0.29, 0.717) is 19.0 Å². The van der Waals surface area contributed by atoms with Gasteiger partial charge in [-0.25, -0.2) is 0 Å². The Bertz CT molecular complexity index is 629. The van der Waals surface area contributed by atoms with Crippen molar-refractivity contribution in [3.63, 3.8) is 0 Å². The second kappa shape index (κ2) is 9.89. The predicted octanol–water partition coefficient (Wildman–Crippen LogP) is 2.09. The normalized spacial score (nSPS) is 13.0. The van der Waals surface area contributed by atoms with E-state index in [1.54, 1.807) is 21.3 Å². The third-order valence-corrected chi connectivity index (χ3v) is 4.13. The third-order valence-electron chi connectivity index (χ3n) is 4.13. The molecule has 0 heterocycles. The topological polar surface area (TPSA) is 84.0 Å². The van der Waals surface area contributed by atoms with Gasteiger partial charge in [0.05, 0.1) is 25.7 Å². The number of nitrogens with zero attached hydrogens (tertiary/aromatic N) is 1. The monoisotopic (exact) mass is 364 g/mol. The minimum atomic E-state index is -0.551. The number of carbonyl (C=O) groups is 1. The number of aliphatic imine (C=N–C) groups is 1. The van der Waals surface area contributed by atoms with E-state index in [1.165, 1.54) is 0 Å². The van der Waals surface area contributed by atoms with Crippen molar-refractivity contribution in [1.82, 2.24) is 16.0 Å². The van der Waals surface area contributed by atoms with Gasteiger partial charge in [0.2, 0.25) is 5.91 Å². The first-order chi connectivity index (χ1) is 12.3. The molecule has 26 heavy (non-hydrogen) atoms. The van der Waals surface area contributed by atoms with Gasteiger partial charge in [-0.3, -0.25) is 9.79 Å². The van der Waals surface area contributed by atoms with Crippen LogP contribution in [0.3, 0.4) is 0 Å². The quantitative estimate of drug-likeness (QED) is 0.486. The van der Waals surface area contributed by atoms with E-state index in [9.17, 15) is 4.79 Å². The van der Waals surface area contributed by atoms with Crippen LogP contribution in [-0.4, -0.2) is 46.2 Å². The Kier molecular flexibility index (Phi) is 8.22. The first-order valence-corrected chi connectivity index (χ1v) is 8.76. The first kappa shape index (κ1) is 21.6. The van der Waals surface area contributed by atoms with Gasteiger partial charge in [-0.1, -0.05) is 0 Å². The number of amides is 1. The summed E-state index contributed by atoms with van der Waals surface area (Å²) in [5.74, 6) is 2.14. The summed E-state index contributed by atoms with van der Waals surface area (Å²) in [6.07, 6.45) is 0. The fraction of sp³-hybridized carbons (Fsp3) is 0.579. The number of nitrogens with one attached hydrogen (secondary N) is 3. The van der Waals surface area contributed by atoms with Gasteiger partial charge in [-0.15, -0.1) is 0 Å². The summed E-state index contributed by atoms with van der Waals surface area (Å²) < 4.78 is 10.7. The highest BCUT2D eigenvalue weighted by molar-refractivity contribution is 5.84. The molecule has 0 aliphatic carbocycles. The highest BCUT2D eigenvalue weighted by Crippen LogP contribution is 2.29. The number of hydrogen-bond acceptors (Lipinski definition) is 4. The highest BCUT2D eigenvalue weighted by atomic mass is 16.5. The number of ether oxygens (including phenoxy) is 2. The van der Waals surface area contributed by atoms with Crippen LogP contribution in [0.1, 0.15) is 39.3 Å². The van der Waals surface area contributed by atoms with Crippen LogP contribution in [0.4, 0.5) is 0 Å². The molecule has 7 nitrogen and oxygen atoms in total. The van der Waals surface area contributed by atoms with Crippen LogP contribution in [0.2, 0.25) is 0 Å². The molecule has 0 spiro atoms. The maximum atomic E-state index is 12.1. The van der Waals surface area contributed by atoms with E-state index in [2.05, 4.69) is 20.9 Å². The van der Waals surface area contributed by atoms with E-state index in [-0.39, 0.29) is 11.9 Å². The standard InChI is InChI=1S/C19H32N4O3/c1-8-21-17(24)19(3,4)12-22-18(20-5)23-13(2)15-11-14(25-6)9-10-16(15)26-7/h9-11,13H,8,12H2,1-7H3,(H,21,24)(H2,20,22,23). The van der Waals surface area contributed by atoms with Crippen molar-refractivity contribution < 1.29 is 14.3 Å². The lowest BCUT2D eigenvalue weighted by atomic mass is 9.92. The van der Waals surface area contributed by atoms with E-state index >= 15 is 0 Å². The van der Waals surface area contributed by atoms with Crippen LogP contribution in [0.15, 0.2) is 23.2 Å². The zero-order chi connectivity index (χ0) is 19.7. The lowest BCUT2D eigenvalue weighted by Crippen LogP contribution is -2.48. The third kappa shape index (κ3) is 5.82. The van der Waals surface area contributed by atoms with Gasteiger partial charge in [-0.2, -0.15) is 0 Å². The molecule has 0 radical (unpaired) electrons. The zero-order valence-electron chi connectivity index (χ0n) is 16.9. The molecule has 0 saturated heterocycles. The molecule has 3 N–H and O–H groups in total. The Balaban J connectivity index is 2.81. The van der Waals surface area contributed by atoms with Gasteiger partial charge in [-0.05, 0) is 45.9 Å². The van der Waals surface area contributed by atoms with E-state index in [0.717, 1.165) is 17.1 Å². The average molecular weight is 364 g/mol. The van der Waals surface area contributed by atoms with Crippen molar-refractivity contribution in [2.24, 2.45) is 10.4 Å². The summed E-state index contributed by atoms with van der Waals surface area (Å²) in [7, 11) is 4.97. The fourth-order valence-electron chi connectivity index (χ4n) is 2.44. The van der Waals surface area contributed by atoms with Gasteiger partial charge in [0.1, 0.15) is 11.5 Å². The average Bonchev–Trinajstić information content (AvgIpc) is 2.64. The predicted molar refractivity (Wildman–Crippen MR) is 105 cm³/mol. The second-order valence-corrected chi connectivity index (χ2v) is 6.64. The molecule has 1 amide bonds. The Hall–Kier alpha value is -2.44. The number of methoxy groups -OCH3 is 2. The van der Waals surface area contributed by atoms with Crippen LogP contribution in [0.25, 0.3) is 0 Å². The first-order valence-electron chi connectivity index (χ1n) is 8.76. The number of rotatable bonds is 8. The molecule has 1 unspecified atom stereocenters. The van der Waals surface area contributed by atoms with Gasteiger partial charge in [0.15, 0.2) is 5.96 Å². The van der Waals surface area contributed by atoms with Crippen LogP contribution in [0.5, 0.6) is 11.5 Å². The van der Waals surface area contributed by atoms with Gasteiger partial charge >= 0.3 is 0 Å². The van der Waals surface area contributed by atoms with Crippen LogP contribution < -0.4 is 25.4 Å². The minimum Gasteiger partial charge on any atom is -0.497 e. The summed E-state index contributed by atoms with van der Waals surface area (Å²) >= 11 is 0. The largest absolute Gasteiger partial charge is 0.497 e. The van der Waals surface area contributed by atoms with Crippen LogP contribution in [0, 0.1) is 5.41 Å². The van der Waals surface area contributed by atoms with E-state index in [1.807, 2.05) is 45.9 Å². The van der Waals surface area contributed by atoms with Gasteiger partial charge < -0.3 is 25.4 Å². The molecule has 1 aromatic rings. The number of hydrogen-bond donors (Lipinski definition) is 3. The molecule has 0 saturated carbocycles. The lowest BCUT2D eigenvalue weighted by molar-refractivity contribution is -0.128. The van der Waals surface area contributed by atoms with Crippen molar-refractivity contribution >= 4 is 11.9 Å². The molecule has 0 bridgehead atoms. The lowest BCUT2D eigenvalue weighted by Gasteiger charge is -2.26. The van der Waals surface area contributed by atoms with Crippen molar-refractivity contribution in [2.45, 2.75) is 33.7 Å². The molecule has 0 aliphatic heterocycles. The van der Waals surface area contributed by atoms with E-state index in [4.69, 9.17) is 9.47 Å². The molecule has 0 aliphatic rings. The Labute approximate surface area is 156 Å². The van der Waals surface area contributed by atoms with Crippen molar-refractivity contribution in [1.29, 1.82) is 0 Å². The molecule has 1 atom stereocenters. The molecule has 1 aromatic carbocycles. The minimum absolute atomic E-state index is 0.00506. The summed E-state index contributed by atoms with van der Waals surface area (Å²) in [5.41, 5.74) is 0.405. The maximum absolute atomic E-state index is 12.1. The van der Waals surface area contributed by atoms with Crippen LogP contribution >= 0.6 is 0 Å². The smallest absolute Gasteiger partial charge is 0.227 e. The van der Waals surface area contributed by atoms with Gasteiger partial charge in [0, 0.05) is 25.7 Å². The molecule has 0 aromatic heterocycles. The molecular formula is C19H32N4O3. The highest BCUT2D eigenvalue weighted by Gasteiger charge is 2.27.